The number of benzene rings is 1. The second kappa shape index (κ2) is 6.59. The van der Waals surface area contributed by atoms with Gasteiger partial charge in [-0.1, -0.05) is 18.2 Å². The van der Waals surface area contributed by atoms with Crippen LogP contribution in [-0.4, -0.2) is 39.8 Å². The first kappa shape index (κ1) is 16.3. The van der Waals surface area contributed by atoms with Crippen LogP contribution in [0, 0.1) is 0 Å². The van der Waals surface area contributed by atoms with E-state index in [2.05, 4.69) is 20.4 Å². The van der Waals surface area contributed by atoms with Gasteiger partial charge in [-0.05, 0) is 37.1 Å². The summed E-state index contributed by atoms with van der Waals surface area (Å²) in [7, 11) is 3.76. The fraction of sp³-hybridized carbons (Fsp3) is 0.263. The van der Waals surface area contributed by atoms with Crippen LogP contribution in [0.5, 0.6) is 0 Å². The molecule has 0 unspecified atom stereocenters. The molecule has 26 heavy (non-hydrogen) atoms. The van der Waals surface area contributed by atoms with Crippen LogP contribution in [0.2, 0.25) is 0 Å². The van der Waals surface area contributed by atoms with Crippen molar-refractivity contribution in [2.24, 2.45) is 0 Å². The number of nitrogens with one attached hydrogen (secondary N) is 1. The van der Waals surface area contributed by atoms with E-state index in [9.17, 15) is 4.79 Å². The van der Waals surface area contributed by atoms with Crippen LogP contribution in [0.4, 0.5) is 11.5 Å². The highest BCUT2D eigenvalue weighted by Crippen LogP contribution is 2.39. The summed E-state index contributed by atoms with van der Waals surface area (Å²) in [6.07, 6.45) is 3.86. The van der Waals surface area contributed by atoms with Crippen molar-refractivity contribution in [2.45, 2.75) is 18.8 Å². The molecule has 1 amide bonds. The number of nitrogens with zero attached hydrogens (tertiary/aromatic N) is 5. The van der Waals surface area contributed by atoms with Crippen molar-refractivity contribution in [1.82, 2.24) is 19.7 Å². The molecule has 132 valence electrons. The highest BCUT2D eigenvalue weighted by Gasteiger charge is 2.31. The Balaban J connectivity index is 1.65. The molecule has 1 aliphatic carbocycles. The van der Waals surface area contributed by atoms with E-state index in [1.165, 1.54) is 0 Å². The summed E-state index contributed by atoms with van der Waals surface area (Å²) in [6.45, 7) is 0. The molecule has 7 heteroatoms. The van der Waals surface area contributed by atoms with E-state index < -0.39 is 0 Å². The molecule has 7 nitrogen and oxygen atoms in total. The third kappa shape index (κ3) is 3.15. The minimum Gasteiger partial charge on any atom is -0.361 e. The number of amides is 1. The molecular weight excluding hydrogens is 328 g/mol. The number of hydrogen-bond acceptors (Lipinski definition) is 5. The number of rotatable bonds is 5. The lowest BCUT2D eigenvalue weighted by molar-refractivity contribution is 0.101. The topological polar surface area (TPSA) is 75.9 Å². The van der Waals surface area contributed by atoms with Gasteiger partial charge >= 0.3 is 0 Å². The maximum absolute atomic E-state index is 12.7. The van der Waals surface area contributed by atoms with Crippen LogP contribution >= 0.6 is 0 Å². The molecule has 0 bridgehead atoms. The predicted molar refractivity (Wildman–Crippen MR) is 99.9 cm³/mol. The zero-order valence-corrected chi connectivity index (χ0v) is 14.8. The first-order valence-corrected chi connectivity index (χ1v) is 8.59. The normalized spacial score (nSPS) is 13.5. The Morgan fingerprint density at radius 2 is 1.92 bits per heavy atom. The molecule has 2 aromatic heterocycles. The van der Waals surface area contributed by atoms with Crippen LogP contribution in [0.3, 0.4) is 0 Å². The maximum Gasteiger partial charge on any atom is 0.295 e. The quantitative estimate of drug-likeness (QED) is 0.767. The number of anilines is 2. The van der Waals surface area contributed by atoms with Crippen molar-refractivity contribution < 1.29 is 4.79 Å². The van der Waals surface area contributed by atoms with E-state index in [1.54, 1.807) is 16.9 Å². The van der Waals surface area contributed by atoms with Gasteiger partial charge in [0.15, 0.2) is 5.82 Å². The highest BCUT2D eigenvalue weighted by atomic mass is 16.2. The molecule has 0 radical (unpaired) electrons. The molecule has 2 heterocycles. The molecule has 0 spiro atoms. The molecule has 0 saturated heterocycles. The third-order valence-corrected chi connectivity index (χ3v) is 4.24. The molecule has 0 aliphatic heterocycles. The Morgan fingerprint density at radius 1 is 1.15 bits per heavy atom. The van der Waals surface area contributed by atoms with Gasteiger partial charge in [-0.15, -0.1) is 5.10 Å². The third-order valence-electron chi connectivity index (χ3n) is 4.24. The van der Waals surface area contributed by atoms with E-state index in [4.69, 9.17) is 0 Å². The van der Waals surface area contributed by atoms with Gasteiger partial charge in [0.05, 0.1) is 11.4 Å². The lowest BCUT2D eigenvalue weighted by Crippen LogP contribution is -2.18. The second-order valence-electron chi connectivity index (χ2n) is 6.54. The molecular formula is C19H20N6O. The minimum atomic E-state index is -0.335. The van der Waals surface area contributed by atoms with E-state index in [0.29, 0.717) is 17.4 Å². The largest absolute Gasteiger partial charge is 0.361 e. The summed E-state index contributed by atoms with van der Waals surface area (Å²) in [5, 5.41) is 7.35. The Hall–Kier alpha value is -3.22. The lowest BCUT2D eigenvalue weighted by atomic mass is 10.3. The lowest BCUT2D eigenvalue weighted by Gasteiger charge is -2.15. The average Bonchev–Trinajstić information content (AvgIpc) is 3.40. The Morgan fingerprint density at radius 3 is 2.62 bits per heavy atom. The summed E-state index contributed by atoms with van der Waals surface area (Å²) in [4.78, 5) is 23.4. The SMILES string of the molecule is CN(C)c1ncccc1NC(=O)c1nc(C2CC2)n(-c2ccccc2)n1. The number of hydrogen-bond donors (Lipinski definition) is 1. The van der Waals surface area contributed by atoms with Crippen molar-refractivity contribution in [1.29, 1.82) is 0 Å². The van der Waals surface area contributed by atoms with E-state index in [1.807, 2.05) is 55.4 Å². The number of aromatic nitrogens is 4. The van der Waals surface area contributed by atoms with Crippen molar-refractivity contribution in [3.63, 3.8) is 0 Å². The molecule has 4 rings (SSSR count). The Bertz CT molecular complexity index is 930. The number of pyridine rings is 1. The first-order chi connectivity index (χ1) is 12.6. The maximum atomic E-state index is 12.7. The summed E-state index contributed by atoms with van der Waals surface area (Å²) >= 11 is 0. The fourth-order valence-electron chi connectivity index (χ4n) is 2.81. The van der Waals surface area contributed by atoms with Crippen LogP contribution in [0.25, 0.3) is 5.69 Å². The molecule has 1 fully saturated rings. The molecule has 1 N–H and O–H groups in total. The molecule has 1 aliphatic rings. The second-order valence-corrected chi connectivity index (χ2v) is 6.54. The van der Waals surface area contributed by atoms with Crippen LogP contribution in [0.1, 0.15) is 35.2 Å². The molecule has 1 saturated carbocycles. The summed E-state index contributed by atoms with van der Waals surface area (Å²) in [6, 6.07) is 13.4. The van der Waals surface area contributed by atoms with Gasteiger partial charge in [-0.3, -0.25) is 4.79 Å². The van der Waals surface area contributed by atoms with Crippen LogP contribution in [0.15, 0.2) is 48.7 Å². The fourth-order valence-corrected chi connectivity index (χ4v) is 2.81. The minimum absolute atomic E-state index is 0.171. The summed E-state index contributed by atoms with van der Waals surface area (Å²) < 4.78 is 1.78. The van der Waals surface area contributed by atoms with Crippen LogP contribution < -0.4 is 10.2 Å². The monoisotopic (exact) mass is 348 g/mol. The van der Waals surface area contributed by atoms with E-state index >= 15 is 0 Å². The van der Waals surface area contributed by atoms with Gasteiger partial charge in [-0.25, -0.2) is 14.6 Å². The van der Waals surface area contributed by atoms with Gasteiger partial charge < -0.3 is 10.2 Å². The standard InChI is InChI=1S/C19H20N6O/c1-24(2)18-15(9-6-12-20-18)21-19(26)16-22-17(13-10-11-13)25(23-16)14-7-4-3-5-8-14/h3-9,12-13H,10-11H2,1-2H3,(H,21,26). The van der Waals surface area contributed by atoms with E-state index in [-0.39, 0.29) is 11.7 Å². The van der Waals surface area contributed by atoms with Gasteiger partial charge in [0.1, 0.15) is 5.82 Å². The predicted octanol–water partition coefficient (Wildman–Crippen LogP) is 2.86. The van der Waals surface area contributed by atoms with Crippen molar-refractivity contribution in [3.8, 4) is 5.69 Å². The smallest absolute Gasteiger partial charge is 0.295 e. The van der Waals surface area contributed by atoms with Crippen molar-refractivity contribution in [3.05, 3.63) is 60.3 Å². The van der Waals surface area contributed by atoms with Crippen molar-refractivity contribution >= 4 is 17.4 Å². The zero-order chi connectivity index (χ0) is 18.1. The molecule has 1 aromatic carbocycles. The number of carbonyl (C=O) groups excluding carboxylic acids is 1. The van der Waals surface area contributed by atoms with Crippen molar-refractivity contribution in [2.75, 3.05) is 24.3 Å². The van der Waals surface area contributed by atoms with Gasteiger partial charge in [0, 0.05) is 26.2 Å². The zero-order valence-electron chi connectivity index (χ0n) is 14.8. The van der Waals surface area contributed by atoms with Gasteiger partial charge in [-0.2, -0.15) is 0 Å². The number of para-hydroxylation sites is 1. The number of carbonyl (C=O) groups is 1. The molecule has 0 atom stereocenters. The summed E-state index contributed by atoms with van der Waals surface area (Å²) in [5.74, 6) is 1.74. The van der Waals surface area contributed by atoms with Crippen LogP contribution in [-0.2, 0) is 0 Å². The average molecular weight is 348 g/mol. The molecule has 3 aromatic rings. The summed E-state index contributed by atoms with van der Waals surface area (Å²) in [5.41, 5.74) is 1.54. The highest BCUT2D eigenvalue weighted by molar-refractivity contribution is 6.03. The van der Waals surface area contributed by atoms with Gasteiger partial charge in [0.2, 0.25) is 5.82 Å². The van der Waals surface area contributed by atoms with Gasteiger partial charge in [0.25, 0.3) is 5.91 Å². The Kier molecular flexibility index (Phi) is 4.12. The van der Waals surface area contributed by atoms with E-state index in [0.717, 1.165) is 24.4 Å². The first-order valence-electron chi connectivity index (χ1n) is 8.59. The Labute approximate surface area is 151 Å².